The number of benzene rings is 19. The van der Waals surface area contributed by atoms with E-state index in [9.17, 15) is 57.9 Å². The molecule has 0 aliphatic heterocycles. The Morgan fingerprint density at radius 3 is 0.722 bits per heavy atom. The van der Waals surface area contributed by atoms with Gasteiger partial charge in [-0.2, -0.15) is 63.1 Å². The molecule has 18 heteroatoms. The van der Waals surface area contributed by atoms with E-state index < -0.39 is 34.9 Å². The predicted octanol–water partition coefficient (Wildman–Crippen LogP) is 31.1. The van der Waals surface area contributed by atoms with Gasteiger partial charge in [0.2, 0.25) is 0 Å². The molecule has 0 aromatic heterocycles. The average molecular weight is 1870 g/mol. The Labute approximate surface area is 828 Å². The number of rotatable bonds is 13. The summed E-state index contributed by atoms with van der Waals surface area (Å²) in [6.07, 6.45) is 0. The molecule has 12 nitrogen and oxygen atoms in total. The molecule has 0 spiro atoms. The maximum absolute atomic E-state index is 14.6. The Hall–Kier alpha value is -21.4. The third-order valence-corrected chi connectivity index (χ3v) is 23.1. The van der Waals surface area contributed by atoms with Crippen LogP contribution in [0.4, 0.5) is 26.3 Å². The lowest BCUT2D eigenvalue weighted by molar-refractivity contribution is 0.624. The fraction of sp³-hybridized carbons (Fsp3) is 0. The minimum Gasteiger partial charge on any atom is -0.206 e. The number of hydrogen-bond donors (Lipinski definition) is 0. The summed E-state index contributed by atoms with van der Waals surface area (Å²) in [6.45, 7) is 0. The summed E-state index contributed by atoms with van der Waals surface area (Å²) in [4.78, 5) is 0. The van der Waals surface area contributed by atoms with E-state index in [1.54, 1.807) is 54.6 Å². The normalized spacial score (nSPS) is 9.93. The number of hydrogen-bond acceptors (Lipinski definition) is 12. The largest absolute Gasteiger partial charge is 0.206 e. The van der Waals surface area contributed by atoms with Crippen molar-refractivity contribution in [2.24, 2.45) is 0 Å². The molecule has 0 saturated heterocycles. The molecule has 0 bridgehead atoms. The molecule has 0 aliphatic rings. The van der Waals surface area contributed by atoms with E-state index in [1.165, 1.54) is 60.7 Å². The fourth-order valence-electron chi connectivity index (χ4n) is 16.2. The van der Waals surface area contributed by atoms with Crippen molar-refractivity contribution in [2.75, 3.05) is 0 Å². The Balaban J connectivity index is 0.000000139. The molecular weight excluding hydrogens is 1800 g/mol. The van der Waals surface area contributed by atoms with Crippen LogP contribution >= 0.6 is 0 Å². The Morgan fingerprint density at radius 1 is 0.118 bits per heavy atom. The molecule has 0 fully saturated rings. The van der Waals surface area contributed by atoms with Gasteiger partial charge < -0.3 is 0 Å². The molecule has 0 atom stereocenters. The Bertz CT molecular complexity index is 8440. The molecule has 19 aromatic carbocycles. The van der Waals surface area contributed by atoms with Gasteiger partial charge in [-0.1, -0.05) is 322 Å². The van der Waals surface area contributed by atoms with Gasteiger partial charge in [0.05, 0.1) is 103 Å². The van der Waals surface area contributed by atoms with Crippen LogP contribution < -0.4 is 0 Å². The van der Waals surface area contributed by atoms with Crippen molar-refractivity contribution >= 4 is 0 Å². The molecule has 0 aliphatic carbocycles. The van der Waals surface area contributed by atoms with Crippen LogP contribution in [0.2, 0.25) is 0 Å². The zero-order chi connectivity index (χ0) is 101. The first kappa shape index (κ1) is 98.6. The van der Waals surface area contributed by atoms with E-state index in [1.807, 2.05) is 346 Å². The van der Waals surface area contributed by atoms with E-state index in [0.29, 0.717) is 61.2 Å². The standard InChI is InChI=1S/3C26H15FN2.C20H11FN2.2C14H7FN2/c27-25-15-24(20(16-28)14-21(25)17-29)26-22(18-8-3-1-4-9-18)12-7-13-23(26)19-10-5-2-6-11-19;27-25-12-11-20(16-28)26(24(25)17-29)23-14-21(18-7-3-1-4-8-18)13-22(15-23)19-9-5-2-6-10-19;27-26-15-24(21(16-28)13-22(26)17-29)25-14-20(18-7-3-1-4-8-18)11-12-23(25)19-9-5-2-6-10-19;21-19-10-9-17(12-22)20(18(19)13-23)16-8-4-7-15(11-16)14-5-2-1-3-6-14;15-14-7-13(10-4-2-1-3-5-10)11(8-16)6-12(14)9-17;15-13-7-6-11(8-16)14(12(13)9-17)10-4-2-1-3-5-10/h3*1-15H;1-11H;2*1-7H. The lowest BCUT2D eigenvalue weighted by Gasteiger charge is -2.17. The Morgan fingerprint density at radius 2 is 0.368 bits per heavy atom. The van der Waals surface area contributed by atoms with Gasteiger partial charge in [0.15, 0.2) is 0 Å². The molecule has 0 heterocycles. The molecule has 0 unspecified atom stereocenters. The van der Waals surface area contributed by atoms with Crippen molar-refractivity contribution in [1.29, 1.82) is 63.1 Å². The number of halogens is 6. The van der Waals surface area contributed by atoms with E-state index in [4.69, 9.17) is 31.6 Å². The molecule has 144 heavy (non-hydrogen) atoms. The van der Waals surface area contributed by atoms with E-state index in [2.05, 4.69) is 24.3 Å². The summed E-state index contributed by atoms with van der Waals surface area (Å²) < 4.78 is 84.4. The smallest absolute Gasteiger partial charge is 0.141 e. The fourth-order valence-corrected chi connectivity index (χ4v) is 16.2. The van der Waals surface area contributed by atoms with Gasteiger partial charge in [-0.05, 0) is 214 Å². The van der Waals surface area contributed by atoms with Gasteiger partial charge in [-0.15, -0.1) is 0 Å². The van der Waals surface area contributed by atoms with Crippen LogP contribution in [-0.2, 0) is 0 Å². The molecular formula is C126H70F6N12. The van der Waals surface area contributed by atoms with Crippen LogP contribution in [0.3, 0.4) is 0 Å². The van der Waals surface area contributed by atoms with Gasteiger partial charge in [0, 0.05) is 33.4 Å². The van der Waals surface area contributed by atoms with Crippen molar-refractivity contribution in [3.63, 3.8) is 0 Å². The second kappa shape index (κ2) is 47.7. The highest BCUT2D eigenvalue weighted by Crippen LogP contribution is 2.45. The third-order valence-electron chi connectivity index (χ3n) is 23.1. The minimum absolute atomic E-state index is 0.0877. The van der Waals surface area contributed by atoms with E-state index in [-0.39, 0.29) is 55.6 Å². The van der Waals surface area contributed by atoms with Gasteiger partial charge in [0.1, 0.15) is 71.3 Å². The van der Waals surface area contributed by atoms with Crippen molar-refractivity contribution in [3.05, 3.63) is 526 Å². The first-order valence-corrected chi connectivity index (χ1v) is 44.2. The monoisotopic (exact) mass is 1860 g/mol. The van der Waals surface area contributed by atoms with E-state index in [0.717, 1.165) is 107 Å². The van der Waals surface area contributed by atoms with Crippen molar-refractivity contribution in [1.82, 2.24) is 0 Å². The van der Waals surface area contributed by atoms with Crippen LogP contribution in [0, 0.1) is 171 Å². The van der Waals surface area contributed by atoms with Crippen LogP contribution in [0.25, 0.3) is 145 Å². The maximum Gasteiger partial charge on any atom is 0.141 e. The van der Waals surface area contributed by atoms with Crippen molar-refractivity contribution < 1.29 is 26.3 Å². The molecule has 19 rings (SSSR count). The molecule has 0 saturated carbocycles. The minimum atomic E-state index is -0.636. The van der Waals surface area contributed by atoms with Crippen LogP contribution in [0.15, 0.2) is 425 Å². The van der Waals surface area contributed by atoms with Crippen LogP contribution in [-0.4, -0.2) is 0 Å². The van der Waals surface area contributed by atoms with Crippen molar-refractivity contribution in [2.45, 2.75) is 0 Å². The third kappa shape index (κ3) is 22.9. The second-order valence-corrected chi connectivity index (χ2v) is 31.7. The lowest BCUT2D eigenvalue weighted by Crippen LogP contribution is -1.96. The number of nitriles is 12. The SMILES string of the molecule is N#Cc1cc(C#N)c(-c2c(-c3ccccc3)cccc2-c2ccccc2)cc1F.N#Cc1cc(C#N)c(-c2cc(-c3ccccc3)ccc2-c2ccccc2)cc1F.N#Cc1cc(C#N)c(-c2ccccc2)cc1F.N#Cc1ccc(F)c(C#N)c1-c1cc(-c2ccccc2)cc(-c2ccccc2)c1.N#Cc1ccc(F)c(C#N)c1-c1cccc(-c2ccccc2)c1.N#Cc1ccc(F)c(C#N)c1-c1ccccc1. The molecule has 0 radical (unpaired) electrons. The summed E-state index contributed by atoms with van der Waals surface area (Å²) in [6, 6.07) is 150. The van der Waals surface area contributed by atoms with Gasteiger partial charge in [-0.25, -0.2) is 26.3 Å². The van der Waals surface area contributed by atoms with Gasteiger partial charge in [0.25, 0.3) is 0 Å². The van der Waals surface area contributed by atoms with Crippen molar-refractivity contribution in [3.8, 4) is 217 Å². The molecule has 19 aromatic rings. The summed E-state index contributed by atoms with van der Waals surface area (Å²) >= 11 is 0. The number of nitrogens with zero attached hydrogens (tertiary/aromatic N) is 12. The molecule has 676 valence electrons. The lowest BCUT2D eigenvalue weighted by atomic mass is 9.85. The van der Waals surface area contributed by atoms with Gasteiger partial charge >= 0.3 is 0 Å². The Kier molecular flexibility index (Phi) is 32.7. The average Bonchev–Trinajstić information content (AvgIpc) is 0.764. The first-order chi connectivity index (χ1) is 70.4. The molecule has 0 amide bonds. The van der Waals surface area contributed by atoms with Gasteiger partial charge in [-0.3, -0.25) is 0 Å². The van der Waals surface area contributed by atoms with E-state index >= 15 is 0 Å². The maximum atomic E-state index is 14.6. The van der Waals surface area contributed by atoms with Crippen LogP contribution in [0.1, 0.15) is 66.8 Å². The summed E-state index contributed by atoms with van der Waals surface area (Å²) in [7, 11) is 0. The first-order valence-electron chi connectivity index (χ1n) is 44.2. The predicted molar refractivity (Wildman–Crippen MR) is 546 cm³/mol. The summed E-state index contributed by atoms with van der Waals surface area (Å²) in [5.74, 6) is -3.73. The highest BCUT2D eigenvalue weighted by Gasteiger charge is 2.25. The zero-order valence-corrected chi connectivity index (χ0v) is 76.0. The quantitative estimate of drug-likeness (QED) is 0.0974. The van der Waals surface area contributed by atoms with Crippen LogP contribution in [0.5, 0.6) is 0 Å². The highest BCUT2D eigenvalue weighted by atomic mass is 19.1. The molecule has 0 N–H and O–H groups in total. The highest BCUT2D eigenvalue weighted by molar-refractivity contribution is 5.97. The summed E-state index contributed by atoms with van der Waals surface area (Å²) in [5, 5.41) is 111. The zero-order valence-electron chi connectivity index (χ0n) is 76.0. The second-order valence-electron chi connectivity index (χ2n) is 31.7. The topological polar surface area (TPSA) is 285 Å². The summed E-state index contributed by atoms with van der Waals surface area (Å²) in [5.41, 5.74) is 21.1.